The summed E-state index contributed by atoms with van der Waals surface area (Å²) in [6, 6.07) is 0. The molecule has 0 atom stereocenters. The van der Waals surface area contributed by atoms with Crippen LogP contribution in [-0.4, -0.2) is 21.4 Å². The van der Waals surface area contributed by atoms with Gasteiger partial charge in [-0.3, -0.25) is 4.79 Å². The Kier molecular flexibility index (Phi) is 3.41. The number of nitrogens with one attached hydrogen (secondary N) is 1. The number of aromatic nitrogens is 1. The van der Waals surface area contributed by atoms with E-state index in [1.165, 1.54) is 11.3 Å². The van der Waals surface area contributed by atoms with E-state index in [2.05, 4.69) is 10.3 Å². The Labute approximate surface area is 97.9 Å². The van der Waals surface area contributed by atoms with Gasteiger partial charge in [0.2, 0.25) is 0 Å². The molecule has 1 aromatic heterocycles. The van der Waals surface area contributed by atoms with Crippen molar-refractivity contribution in [2.45, 2.75) is 26.3 Å². The molecule has 4 nitrogen and oxygen atoms in total. The number of thiocarbonyl (C=S) groups is 1. The molecule has 0 radical (unpaired) electrons. The maximum absolute atomic E-state index is 11.8. The fraction of sp³-hybridized carbons (Fsp3) is 0.444. The van der Waals surface area contributed by atoms with Crippen molar-refractivity contribution in [2.24, 2.45) is 5.73 Å². The van der Waals surface area contributed by atoms with Crippen molar-refractivity contribution in [1.29, 1.82) is 0 Å². The molecule has 1 heterocycles. The topological polar surface area (TPSA) is 68.0 Å². The lowest BCUT2D eigenvalue weighted by molar-refractivity contribution is 0.0935. The minimum atomic E-state index is -0.678. The van der Waals surface area contributed by atoms with E-state index in [9.17, 15) is 4.79 Å². The highest BCUT2D eigenvalue weighted by Crippen LogP contribution is 2.13. The second-order valence-corrected chi connectivity index (χ2v) is 5.00. The lowest BCUT2D eigenvalue weighted by Crippen LogP contribution is -2.52. The van der Waals surface area contributed by atoms with Gasteiger partial charge in [-0.15, -0.1) is 11.3 Å². The van der Waals surface area contributed by atoms with E-state index in [4.69, 9.17) is 18.0 Å². The fourth-order valence-electron chi connectivity index (χ4n) is 0.922. The SMILES string of the molecule is Cc1ncsc1C(=O)NC(C)(C)C(N)=S. The first-order valence-corrected chi connectivity index (χ1v) is 5.66. The van der Waals surface area contributed by atoms with Gasteiger partial charge in [-0.2, -0.15) is 0 Å². The summed E-state index contributed by atoms with van der Waals surface area (Å²) >= 11 is 6.17. The quantitative estimate of drug-likeness (QED) is 0.784. The van der Waals surface area contributed by atoms with Gasteiger partial charge in [0, 0.05) is 0 Å². The molecule has 6 heteroatoms. The van der Waals surface area contributed by atoms with Gasteiger partial charge in [0.15, 0.2) is 0 Å². The van der Waals surface area contributed by atoms with Crippen LogP contribution in [0.3, 0.4) is 0 Å². The maximum Gasteiger partial charge on any atom is 0.264 e. The average Bonchev–Trinajstić information content (AvgIpc) is 2.50. The Hall–Kier alpha value is -1.01. The van der Waals surface area contributed by atoms with E-state index in [0.717, 1.165) is 5.69 Å². The Morgan fingerprint density at radius 2 is 2.27 bits per heavy atom. The number of thiazole rings is 1. The summed E-state index contributed by atoms with van der Waals surface area (Å²) in [5.41, 5.74) is 7.19. The monoisotopic (exact) mass is 243 g/mol. The second-order valence-electron chi connectivity index (χ2n) is 3.71. The summed E-state index contributed by atoms with van der Waals surface area (Å²) in [5, 5.41) is 2.76. The Morgan fingerprint density at radius 3 is 2.67 bits per heavy atom. The fourth-order valence-corrected chi connectivity index (χ4v) is 1.67. The van der Waals surface area contributed by atoms with E-state index < -0.39 is 5.54 Å². The van der Waals surface area contributed by atoms with Gasteiger partial charge in [-0.1, -0.05) is 12.2 Å². The first-order chi connectivity index (χ1) is 6.84. The molecule has 0 unspecified atom stereocenters. The van der Waals surface area contributed by atoms with Crippen molar-refractivity contribution in [1.82, 2.24) is 10.3 Å². The molecule has 0 aromatic carbocycles. The van der Waals surface area contributed by atoms with Crippen LogP contribution in [0.5, 0.6) is 0 Å². The van der Waals surface area contributed by atoms with Crippen molar-refractivity contribution in [2.75, 3.05) is 0 Å². The predicted molar refractivity (Wildman–Crippen MR) is 65.2 cm³/mol. The van der Waals surface area contributed by atoms with Crippen molar-refractivity contribution in [3.05, 3.63) is 16.1 Å². The van der Waals surface area contributed by atoms with Crippen molar-refractivity contribution in [3.8, 4) is 0 Å². The van der Waals surface area contributed by atoms with Gasteiger partial charge in [-0.05, 0) is 20.8 Å². The van der Waals surface area contributed by atoms with Crippen LogP contribution in [0.2, 0.25) is 0 Å². The highest BCUT2D eigenvalue weighted by molar-refractivity contribution is 7.80. The lowest BCUT2D eigenvalue weighted by atomic mass is 10.1. The number of nitrogens with two attached hydrogens (primary N) is 1. The van der Waals surface area contributed by atoms with Gasteiger partial charge in [0.05, 0.1) is 21.7 Å². The molecule has 0 saturated heterocycles. The number of carbonyl (C=O) groups is 1. The highest BCUT2D eigenvalue weighted by atomic mass is 32.1. The van der Waals surface area contributed by atoms with Gasteiger partial charge < -0.3 is 11.1 Å². The molecule has 3 N–H and O–H groups in total. The molecule has 0 aliphatic rings. The molecular weight excluding hydrogens is 230 g/mol. The molecule has 82 valence electrons. The number of rotatable bonds is 3. The Balaban J connectivity index is 2.81. The van der Waals surface area contributed by atoms with Crippen LogP contribution < -0.4 is 11.1 Å². The lowest BCUT2D eigenvalue weighted by Gasteiger charge is -2.24. The van der Waals surface area contributed by atoms with E-state index >= 15 is 0 Å². The first kappa shape index (κ1) is 12.1. The van der Waals surface area contributed by atoms with Crippen LogP contribution in [-0.2, 0) is 0 Å². The minimum absolute atomic E-state index is 0.187. The Morgan fingerprint density at radius 1 is 1.67 bits per heavy atom. The Bertz CT molecular complexity index is 398. The minimum Gasteiger partial charge on any atom is -0.391 e. The van der Waals surface area contributed by atoms with Crippen LogP contribution in [0.4, 0.5) is 0 Å². The van der Waals surface area contributed by atoms with Crippen LogP contribution in [0, 0.1) is 6.92 Å². The summed E-state index contributed by atoms with van der Waals surface area (Å²) in [6.07, 6.45) is 0. The maximum atomic E-state index is 11.8. The normalized spacial score (nSPS) is 11.1. The van der Waals surface area contributed by atoms with E-state index in [-0.39, 0.29) is 10.9 Å². The van der Waals surface area contributed by atoms with Crippen LogP contribution in [0.25, 0.3) is 0 Å². The number of aryl methyl sites for hydroxylation is 1. The molecule has 0 bridgehead atoms. The van der Waals surface area contributed by atoms with Gasteiger partial charge in [0.1, 0.15) is 4.88 Å². The molecule has 1 amide bonds. The third-order valence-corrected chi connectivity index (χ3v) is 3.43. The van der Waals surface area contributed by atoms with Gasteiger partial charge in [-0.25, -0.2) is 4.98 Å². The number of amides is 1. The summed E-state index contributed by atoms with van der Waals surface area (Å²) in [5.74, 6) is -0.187. The molecular formula is C9H13N3OS2. The van der Waals surface area contributed by atoms with Crippen LogP contribution in [0.1, 0.15) is 29.2 Å². The molecule has 0 aliphatic heterocycles. The molecule has 0 spiro atoms. The molecule has 1 rings (SSSR count). The summed E-state index contributed by atoms with van der Waals surface area (Å²) in [6.45, 7) is 5.33. The molecule has 1 aromatic rings. The van der Waals surface area contributed by atoms with Gasteiger partial charge >= 0.3 is 0 Å². The largest absolute Gasteiger partial charge is 0.391 e. The molecule has 0 saturated carbocycles. The smallest absolute Gasteiger partial charge is 0.264 e. The zero-order valence-electron chi connectivity index (χ0n) is 8.83. The number of hydrogen-bond acceptors (Lipinski definition) is 4. The van der Waals surface area contributed by atoms with Gasteiger partial charge in [0.25, 0.3) is 5.91 Å². The second kappa shape index (κ2) is 4.24. The zero-order valence-corrected chi connectivity index (χ0v) is 10.5. The third-order valence-electron chi connectivity index (χ3n) is 1.99. The average molecular weight is 243 g/mol. The zero-order chi connectivity index (χ0) is 11.6. The van der Waals surface area contributed by atoms with Crippen LogP contribution >= 0.6 is 23.6 Å². The number of nitrogens with zero attached hydrogens (tertiary/aromatic N) is 1. The number of hydrogen-bond donors (Lipinski definition) is 2. The number of carbonyl (C=O) groups excluding carboxylic acids is 1. The summed E-state index contributed by atoms with van der Waals surface area (Å²) in [7, 11) is 0. The van der Waals surface area contributed by atoms with Crippen molar-refractivity contribution >= 4 is 34.5 Å². The van der Waals surface area contributed by atoms with E-state index in [1.807, 2.05) is 0 Å². The summed E-state index contributed by atoms with van der Waals surface area (Å²) in [4.78, 5) is 16.7. The predicted octanol–water partition coefficient (Wildman–Crippen LogP) is 1.25. The summed E-state index contributed by atoms with van der Waals surface area (Å²) < 4.78 is 0. The molecule has 15 heavy (non-hydrogen) atoms. The van der Waals surface area contributed by atoms with Crippen molar-refractivity contribution < 1.29 is 4.79 Å². The van der Waals surface area contributed by atoms with Crippen LogP contribution in [0.15, 0.2) is 5.51 Å². The van der Waals surface area contributed by atoms with Crippen molar-refractivity contribution in [3.63, 3.8) is 0 Å². The standard InChI is InChI=1S/C9H13N3OS2/c1-5-6(15-4-11-5)7(13)12-9(2,3)8(10)14/h4H,1-3H3,(H2,10,14)(H,12,13). The third kappa shape index (κ3) is 2.73. The highest BCUT2D eigenvalue weighted by Gasteiger charge is 2.25. The van der Waals surface area contributed by atoms with E-state index in [1.54, 1.807) is 26.3 Å². The first-order valence-electron chi connectivity index (χ1n) is 4.37. The molecule has 0 fully saturated rings. The molecule has 0 aliphatic carbocycles. The van der Waals surface area contributed by atoms with E-state index in [0.29, 0.717) is 4.88 Å².